The first-order valence-electron chi connectivity index (χ1n) is 7.73. The topological polar surface area (TPSA) is 37.3 Å². The first-order valence-corrected chi connectivity index (χ1v) is 7.73. The van der Waals surface area contributed by atoms with Crippen LogP contribution in [0.15, 0.2) is 24.8 Å². The average Bonchev–Trinajstić information content (AvgIpc) is 2.42. The number of carboxylic acid groups (broad SMARTS) is 1. The van der Waals surface area contributed by atoms with E-state index in [2.05, 4.69) is 24.8 Å². The molecule has 0 fully saturated rings. The van der Waals surface area contributed by atoms with Crippen molar-refractivity contribution < 1.29 is 9.90 Å². The summed E-state index contributed by atoms with van der Waals surface area (Å²) in [5.41, 5.74) is 0. The van der Waals surface area contributed by atoms with Gasteiger partial charge in [-0.05, 0) is 37.5 Å². The summed E-state index contributed by atoms with van der Waals surface area (Å²) in [5.74, 6) is 0.816. The number of aliphatic carboxylic acids is 1. The van der Waals surface area contributed by atoms with E-state index < -0.39 is 5.97 Å². The molecule has 1 aliphatic carbocycles. The van der Waals surface area contributed by atoms with Crippen molar-refractivity contribution in [1.29, 1.82) is 0 Å². The molecule has 2 heteroatoms. The Morgan fingerprint density at radius 2 is 1.74 bits per heavy atom. The van der Waals surface area contributed by atoms with Gasteiger partial charge < -0.3 is 5.11 Å². The summed E-state index contributed by atoms with van der Waals surface area (Å²) in [7, 11) is 0. The Bertz CT molecular complexity index is 294. The van der Waals surface area contributed by atoms with Crippen LogP contribution in [0.4, 0.5) is 0 Å². The zero-order chi connectivity index (χ0) is 13.9. The molecule has 2 atom stereocenters. The monoisotopic (exact) mass is 264 g/mol. The van der Waals surface area contributed by atoms with E-state index in [9.17, 15) is 4.79 Å². The molecule has 0 aromatic heterocycles. The number of rotatable bonds is 10. The van der Waals surface area contributed by atoms with E-state index in [0.29, 0.717) is 12.3 Å². The fraction of sp³-hybridized carbons (Fsp3) is 0.706. The number of hydrogen-bond acceptors (Lipinski definition) is 1. The van der Waals surface area contributed by atoms with E-state index in [4.69, 9.17) is 5.11 Å². The number of allylic oxidation sites excluding steroid dienone is 3. The minimum atomic E-state index is -0.666. The van der Waals surface area contributed by atoms with Gasteiger partial charge in [-0.15, -0.1) is 6.58 Å². The molecule has 0 bridgehead atoms. The van der Waals surface area contributed by atoms with Crippen molar-refractivity contribution >= 4 is 5.97 Å². The molecular formula is C17H28O2. The lowest BCUT2D eigenvalue weighted by Gasteiger charge is -2.25. The van der Waals surface area contributed by atoms with Gasteiger partial charge in [-0.1, -0.05) is 50.3 Å². The van der Waals surface area contributed by atoms with Crippen molar-refractivity contribution in [3.8, 4) is 0 Å². The molecule has 0 radical (unpaired) electrons. The van der Waals surface area contributed by atoms with Gasteiger partial charge in [-0.25, -0.2) is 0 Å². The molecule has 0 heterocycles. The molecular weight excluding hydrogens is 236 g/mol. The first-order chi connectivity index (χ1) is 9.24. The van der Waals surface area contributed by atoms with Gasteiger partial charge in [0.1, 0.15) is 0 Å². The predicted octanol–water partition coefficient (Wildman–Crippen LogP) is 4.96. The second-order valence-electron chi connectivity index (χ2n) is 5.66. The molecule has 1 N–H and O–H groups in total. The lowest BCUT2D eigenvalue weighted by atomic mass is 9.80. The molecule has 0 amide bonds. The summed E-state index contributed by atoms with van der Waals surface area (Å²) in [6.45, 7) is 3.95. The maximum atomic E-state index is 10.4. The third-order valence-electron chi connectivity index (χ3n) is 4.14. The summed E-state index contributed by atoms with van der Waals surface area (Å²) in [5, 5.41) is 8.53. The molecule has 0 saturated carbocycles. The minimum Gasteiger partial charge on any atom is -0.481 e. The number of carbonyl (C=O) groups is 1. The Morgan fingerprint density at radius 1 is 1.11 bits per heavy atom. The van der Waals surface area contributed by atoms with Gasteiger partial charge in [0, 0.05) is 6.42 Å². The Morgan fingerprint density at radius 3 is 2.42 bits per heavy atom. The van der Waals surface area contributed by atoms with E-state index in [1.807, 2.05) is 0 Å². The second-order valence-corrected chi connectivity index (χ2v) is 5.66. The highest BCUT2D eigenvalue weighted by Gasteiger charge is 2.18. The minimum absolute atomic E-state index is 0.329. The fourth-order valence-corrected chi connectivity index (χ4v) is 2.90. The van der Waals surface area contributed by atoms with Crippen LogP contribution in [-0.2, 0) is 4.79 Å². The molecule has 1 rings (SSSR count). The highest BCUT2D eigenvalue weighted by atomic mass is 16.4. The van der Waals surface area contributed by atoms with Crippen LogP contribution in [-0.4, -0.2) is 11.1 Å². The summed E-state index contributed by atoms with van der Waals surface area (Å²) < 4.78 is 0. The third-order valence-corrected chi connectivity index (χ3v) is 4.14. The van der Waals surface area contributed by atoms with Crippen LogP contribution in [0.3, 0.4) is 0 Å². The average molecular weight is 264 g/mol. The van der Waals surface area contributed by atoms with Gasteiger partial charge >= 0.3 is 5.97 Å². The van der Waals surface area contributed by atoms with Crippen molar-refractivity contribution in [1.82, 2.24) is 0 Å². The Hall–Kier alpha value is -1.05. The number of carboxylic acids is 1. The van der Waals surface area contributed by atoms with Crippen LogP contribution in [0.2, 0.25) is 0 Å². The molecule has 0 aliphatic heterocycles. The molecule has 19 heavy (non-hydrogen) atoms. The van der Waals surface area contributed by atoms with Crippen molar-refractivity contribution in [2.24, 2.45) is 11.8 Å². The zero-order valence-corrected chi connectivity index (χ0v) is 12.0. The normalized spacial score (nSPS) is 22.3. The quantitative estimate of drug-likeness (QED) is 0.447. The van der Waals surface area contributed by atoms with Crippen LogP contribution in [0.5, 0.6) is 0 Å². The zero-order valence-electron chi connectivity index (χ0n) is 12.0. The van der Waals surface area contributed by atoms with Crippen LogP contribution < -0.4 is 0 Å². The fourth-order valence-electron chi connectivity index (χ4n) is 2.90. The largest absolute Gasteiger partial charge is 0.481 e. The molecule has 0 saturated heterocycles. The van der Waals surface area contributed by atoms with Crippen LogP contribution in [0.25, 0.3) is 0 Å². The van der Waals surface area contributed by atoms with Gasteiger partial charge in [0.2, 0.25) is 0 Å². The van der Waals surface area contributed by atoms with Crippen molar-refractivity contribution in [2.45, 2.75) is 64.2 Å². The summed E-state index contributed by atoms with van der Waals surface area (Å²) >= 11 is 0. The van der Waals surface area contributed by atoms with E-state index in [1.54, 1.807) is 0 Å². The van der Waals surface area contributed by atoms with Gasteiger partial charge in [-0.2, -0.15) is 0 Å². The van der Waals surface area contributed by atoms with Crippen LogP contribution >= 0.6 is 0 Å². The third kappa shape index (κ3) is 7.19. The predicted molar refractivity (Wildman–Crippen MR) is 80.1 cm³/mol. The molecule has 2 unspecified atom stereocenters. The Balaban J connectivity index is 1.97. The molecule has 1 aliphatic rings. The summed E-state index contributed by atoms with van der Waals surface area (Å²) in [6, 6.07) is 0. The van der Waals surface area contributed by atoms with E-state index in [1.165, 1.54) is 44.9 Å². The molecule has 108 valence electrons. The molecule has 0 spiro atoms. The standard InChI is InChI=1S/C17H28O2/c1-2-15-11-9-10-13-16(15)12-7-5-3-4-6-8-14-17(18)19/h2,9-10,15-16H,1,3-8,11-14H2,(H,18,19). The molecule has 0 aromatic rings. The van der Waals surface area contributed by atoms with Gasteiger partial charge in [0.05, 0.1) is 0 Å². The Kier molecular flexibility index (Phi) is 8.28. The lowest BCUT2D eigenvalue weighted by Crippen LogP contribution is -2.14. The highest BCUT2D eigenvalue weighted by Crippen LogP contribution is 2.30. The maximum absolute atomic E-state index is 10.4. The summed E-state index contributed by atoms with van der Waals surface area (Å²) in [4.78, 5) is 10.4. The van der Waals surface area contributed by atoms with E-state index in [-0.39, 0.29) is 0 Å². The maximum Gasteiger partial charge on any atom is 0.303 e. The Labute approximate surface area is 117 Å². The smallest absolute Gasteiger partial charge is 0.303 e. The van der Waals surface area contributed by atoms with E-state index in [0.717, 1.165) is 18.8 Å². The van der Waals surface area contributed by atoms with Gasteiger partial charge in [0.15, 0.2) is 0 Å². The molecule has 2 nitrogen and oxygen atoms in total. The van der Waals surface area contributed by atoms with Crippen molar-refractivity contribution in [3.05, 3.63) is 24.8 Å². The van der Waals surface area contributed by atoms with Crippen LogP contribution in [0.1, 0.15) is 64.2 Å². The number of hydrogen-bond donors (Lipinski definition) is 1. The number of unbranched alkanes of at least 4 members (excludes halogenated alkanes) is 5. The molecule has 0 aromatic carbocycles. The first kappa shape index (κ1) is 16.0. The van der Waals surface area contributed by atoms with Gasteiger partial charge in [0.25, 0.3) is 0 Å². The lowest BCUT2D eigenvalue weighted by molar-refractivity contribution is -0.137. The second kappa shape index (κ2) is 9.82. The highest BCUT2D eigenvalue weighted by molar-refractivity contribution is 5.66. The van der Waals surface area contributed by atoms with Crippen molar-refractivity contribution in [2.75, 3.05) is 0 Å². The SMILES string of the molecule is C=CC1CC=CCC1CCCCCCCCC(=O)O. The van der Waals surface area contributed by atoms with Gasteiger partial charge in [-0.3, -0.25) is 4.79 Å². The van der Waals surface area contributed by atoms with Crippen molar-refractivity contribution in [3.63, 3.8) is 0 Å². The van der Waals surface area contributed by atoms with E-state index >= 15 is 0 Å². The van der Waals surface area contributed by atoms with Crippen LogP contribution in [0, 0.1) is 11.8 Å². The summed E-state index contributed by atoms with van der Waals surface area (Å²) in [6.07, 6.45) is 17.7.